The first-order chi connectivity index (χ1) is 13.0. The van der Waals surface area contributed by atoms with Crippen LogP contribution in [-0.4, -0.2) is 28.6 Å². The Morgan fingerprint density at radius 3 is 2.44 bits per heavy atom. The van der Waals surface area contributed by atoms with Crippen molar-refractivity contribution in [2.24, 2.45) is 5.73 Å². The van der Waals surface area contributed by atoms with Gasteiger partial charge in [0.05, 0.1) is 5.56 Å². The Morgan fingerprint density at radius 2 is 1.78 bits per heavy atom. The first-order valence-corrected chi connectivity index (χ1v) is 8.16. The van der Waals surface area contributed by atoms with Crippen LogP contribution in [0.25, 0.3) is 11.4 Å². The van der Waals surface area contributed by atoms with Gasteiger partial charge < -0.3 is 19.7 Å². The highest BCUT2D eigenvalue weighted by Crippen LogP contribution is 2.19. The fraction of sp³-hybridized carbons (Fsp3) is 0.111. The molecule has 8 nitrogen and oxygen atoms in total. The van der Waals surface area contributed by atoms with Crippen LogP contribution in [0.3, 0.4) is 0 Å². The quantitative estimate of drug-likeness (QED) is 0.619. The van der Waals surface area contributed by atoms with Gasteiger partial charge in [0.1, 0.15) is 5.75 Å². The predicted molar refractivity (Wildman–Crippen MR) is 95.0 cm³/mol. The second kappa shape index (κ2) is 8.33. The molecule has 27 heavy (non-hydrogen) atoms. The van der Waals surface area contributed by atoms with Crippen molar-refractivity contribution >= 4 is 23.5 Å². The Bertz CT molecular complexity index is 938. The molecule has 0 saturated heterocycles. The minimum atomic E-state index is -0.587. The number of rotatable bonds is 7. The predicted octanol–water partition coefficient (Wildman–Crippen LogP) is 2.61. The van der Waals surface area contributed by atoms with Crippen LogP contribution < -0.4 is 10.5 Å². The molecule has 9 heteroatoms. The molecule has 2 aromatic carbocycles. The van der Waals surface area contributed by atoms with E-state index >= 15 is 0 Å². The van der Waals surface area contributed by atoms with E-state index in [0.29, 0.717) is 22.2 Å². The molecule has 2 N–H and O–H groups in total. The smallest absolute Gasteiger partial charge is 0.338 e. The average molecular weight is 388 g/mol. The fourth-order valence-electron chi connectivity index (χ4n) is 2.08. The monoisotopic (exact) mass is 387 g/mol. The molecular weight excluding hydrogens is 374 g/mol. The number of amides is 1. The highest BCUT2D eigenvalue weighted by atomic mass is 35.5. The van der Waals surface area contributed by atoms with Gasteiger partial charge in [-0.1, -0.05) is 16.8 Å². The summed E-state index contributed by atoms with van der Waals surface area (Å²) in [6, 6.07) is 13.0. The minimum absolute atomic E-state index is 0.162. The van der Waals surface area contributed by atoms with Crippen LogP contribution in [0.4, 0.5) is 0 Å². The van der Waals surface area contributed by atoms with Gasteiger partial charge in [-0.05, 0) is 48.5 Å². The molecular formula is C18H14ClN3O5. The van der Waals surface area contributed by atoms with Crippen LogP contribution >= 0.6 is 11.6 Å². The average Bonchev–Trinajstić information content (AvgIpc) is 3.14. The molecule has 0 fully saturated rings. The lowest BCUT2D eigenvalue weighted by Crippen LogP contribution is -2.20. The standard InChI is InChI=1S/C18H14ClN3O5/c19-13-5-1-11(2-6-13)17-21-16(27-22-17)10-26-18(24)12-3-7-14(8-4-12)25-9-15(20)23/h1-8H,9-10H2,(H2,20,23). The molecule has 0 aliphatic rings. The lowest BCUT2D eigenvalue weighted by molar-refractivity contribution is -0.119. The van der Waals surface area contributed by atoms with E-state index in [0.717, 1.165) is 5.56 Å². The second-order valence-electron chi connectivity index (χ2n) is 5.37. The maximum absolute atomic E-state index is 12.1. The van der Waals surface area contributed by atoms with Crippen LogP contribution in [-0.2, 0) is 16.1 Å². The van der Waals surface area contributed by atoms with Crippen molar-refractivity contribution in [1.29, 1.82) is 0 Å². The van der Waals surface area contributed by atoms with Gasteiger partial charge >= 0.3 is 5.97 Å². The van der Waals surface area contributed by atoms with Gasteiger partial charge in [-0.15, -0.1) is 0 Å². The molecule has 0 saturated carbocycles. The van der Waals surface area contributed by atoms with E-state index in [9.17, 15) is 9.59 Å². The SMILES string of the molecule is NC(=O)COc1ccc(C(=O)OCc2nc(-c3ccc(Cl)cc3)no2)cc1. The Hall–Kier alpha value is -3.39. The fourth-order valence-corrected chi connectivity index (χ4v) is 2.21. The van der Waals surface area contributed by atoms with Crippen molar-refractivity contribution in [3.05, 3.63) is 65.0 Å². The van der Waals surface area contributed by atoms with Gasteiger partial charge in [0.15, 0.2) is 13.2 Å². The zero-order valence-electron chi connectivity index (χ0n) is 13.9. The summed E-state index contributed by atoms with van der Waals surface area (Å²) in [5.74, 6) is -0.211. The Kier molecular flexibility index (Phi) is 5.68. The summed E-state index contributed by atoms with van der Waals surface area (Å²) in [4.78, 5) is 26.9. The first kappa shape index (κ1) is 18.4. The van der Waals surface area contributed by atoms with E-state index in [1.54, 1.807) is 24.3 Å². The lowest BCUT2D eigenvalue weighted by atomic mass is 10.2. The summed E-state index contributed by atoms with van der Waals surface area (Å²) >= 11 is 5.84. The third-order valence-electron chi connectivity index (χ3n) is 3.37. The third-order valence-corrected chi connectivity index (χ3v) is 3.62. The molecule has 0 aliphatic heterocycles. The van der Waals surface area contributed by atoms with E-state index in [1.807, 2.05) is 0 Å². The van der Waals surface area contributed by atoms with Crippen molar-refractivity contribution in [3.8, 4) is 17.1 Å². The number of nitrogens with zero attached hydrogens (tertiary/aromatic N) is 2. The van der Waals surface area contributed by atoms with E-state index in [1.165, 1.54) is 24.3 Å². The van der Waals surface area contributed by atoms with Crippen molar-refractivity contribution in [1.82, 2.24) is 10.1 Å². The van der Waals surface area contributed by atoms with Crippen LogP contribution in [0.5, 0.6) is 5.75 Å². The molecule has 0 bridgehead atoms. The number of benzene rings is 2. The molecule has 3 rings (SSSR count). The summed E-state index contributed by atoms with van der Waals surface area (Å²) in [6.45, 7) is -0.406. The zero-order valence-corrected chi connectivity index (χ0v) is 14.7. The Balaban J connectivity index is 1.56. The number of ether oxygens (including phenoxy) is 2. The normalized spacial score (nSPS) is 10.4. The van der Waals surface area contributed by atoms with Crippen LogP contribution in [0.2, 0.25) is 5.02 Å². The molecule has 0 radical (unpaired) electrons. The summed E-state index contributed by atoms with van der Waals surface area (Å²) < 4.78 is 15.3. The van der Waals surface area contributed by atoms with E-state index in [4.69, 9.17) is 31.3 Å². The largest absolute Gasteiger partial charge is 0.484 e. The summed E-state index contributed by atoms with van der Waals surface area (Å²) in [5.41, 5.74) is 6.03. The van der Waals surface area contributed by atoms with Gasteiger partial charge in [-0.3, -0.25) is 4.79 Å². The molecule has 0 spiro atoms. The maximum atomic E-state index is 12.1. The van der Waals surface area contributed by atoms with E-state index in [2.05, 4.69) is 10.1 Å². The van der Waals surface area contributed by atoms with Crippen LogP contribution in [0, 0.1) is 0 Å². The number of nitrogens with two attached hydrogens (primary N) is 1. The summed E-state index contributed by atoms with van der Waals surface area (Å²) in [5, 5.41) is 4.44. The highest BCUT2D eigenvalue weighted by Gasteiger charge is 2.13. The van der Waals surface area contributed by atoms with E-state index in [-0.39, 0.29) is 19.1 Å². The van der Waals surface area contributed by atoms with Gasteiger partial charge in [0.2, 0.25) is 5.82 Å². The number of carbonyl (C=O) groups excluding carboxylic acids is 2. The van der Waals surface area contributed by atoms with E-state index < -0.39 is 11.9 Å². The number of halogens is 1. The number of aromatic nitrogens is 2. The molecule has 138 valence electrons. The molecule has 0 atom stereocenters. The summed E-state index contributed by atoms with van der Waals surface area (Å²) in [7, 11) is 0. The van der Waals surface area contributed by atoms with Gasteiger partial charge in [-0.2, -0.15) is 4.98 Å². The van der Waals surface area contributed by atoms with Gasteiger partial charge in [0.25, 0.3) is 11.8 Å². The zero-order chi connectivity index (χ0) is 19.2. The van der Waals surface area contributed by atoms with Crippen molar-refractivity contribution in [3.63, 3.8) is 0 Å². The number of carbonyl (C=O) groups is 2. The van der Waals surface area contributed by atoms with Crippen molar-refractivity contribution in [2.45, 2.75) is 6.61 Å². The third kappa shape index (κ3) is 5.05. The van der Waals surface area contributed by atoms with Crippen LogP contribution in [0.1, 0.15) is 16.2 Å². The Labute approximate surface area is 158 Å². The summed E-state index contributed by atoms with van der Waals surface area (Å²) in [6.07, 6.45) is 0. The van der Waals surface area contributed by atoms with Crippen molar-refractivity contribution < 1.29 is 23.6 Å². The molecule has 0 unspecified atom stereocenters. The minimum Gasteiger partial charge on any atom is -0.484 e. The maximum Gasteiger partial charge on any atom is 0.338 e. The number of hydrogen-bond acceptors (Lipinski definition) is 7. The lowest BCUT2D eigenvalue weighted by Gasteiger charge is -2.05. The first-order valence-electron chi connectivity index (χ1n) is 7.78. The highest BCUT2D eigenvalue weighted by molar-refractivity contribution is 6.30. The van der Waals surface area contributed by atoms with Crippen LogP contribution in [0.15, 0.2) is 53.1 Å². The molecule has 0 aliphatic carbocycles. The molecule has 1 amide bonds. The van der Waals surface area contributed by atoms with Crippen molar-refractivity contribution in [2.75, 3.05) is 6.61 Å². The van der Waals surface area contributed by atoms with Gasteiger partial charge in [0, 0.05) is 10.6 Å². The number of hydrogen-bond donors (Lipinski definition) is 1. The number of esters is 1. The molecule has 1 aromatic heterocycles. The topological polar surface area (TPSA) is 118 Å². The molecule has 1 heterocycles. The number of primary amides is 1. The van der Waals surface area contributed by atoms with Gasteiger partial charge in [-0.25, -0.2) is 4.79 Å². The second-order valence-corrected chi connectivity index (χ2v) is 5.81. The molecule has 3 aromatic rings. The Morgan fingerprint density at radius 1 is 1.07 bits per heavy atom.